The molecule has 0 bridgehead atoms. The van der Waals surface area contributed by atoms with Crippen LogP contribution < -0.4 is 5.32 Å². The van der Waals surface area contributed by atoms with Gasteiger partial charge in [0.25, 0.3) is 5.91 Å². The van der Waals surface area contributed by atoms with E-state index in [1.54, 1.807) is 6.08 Å². The van der Waals surface area contributed by atoms with Crippen molar-refractivity contribution in [1.29, 1.82) is 5.26 Å². The third-order valence-electron chi connectivity index (χ3n) is 2.07. The molecule has 0 atom stereocenters. The Kier molecular flexibility index (Phi) is 4.81. The molecule has 0 aromatic heterocycles. The van der Waals surface area contributed by atoms with Crippen LogP contribution in [0.1, 0.15) is 18.9 Å². The van der Waals surface area contributed by atoms with Gasteiger partial charge in [-0.3, -0.25) is 4.79 Å². The molecular weight excluding hydrogens is 200 g/mol. The molecule has 0 aliphatic carbocycles. The zero-order valence-corrected chi connectivity index (χ0v) is 9.23. The Morgan fingerprint density at radius 1 is 1.44 bits per heavy atom. The molecule has 3 heteroatoms. The molecule has 1 rings (SSSR count). The maximum Gasteiger partial charge on any atom is 0.261 e. The molecule has 1 aromatic rings. The first-order valence-corrected chi connectivity index (χ1v) is 5.20. The Hall–Kier alpha value is -2.08. The molecule has 0 aliphatic rings. The predicted molar refractivity (Wildman–Crippen MR) is 62.3 cm³/mol. The Bertz CT molecular complexity index is 415. The van der Waals surface area contributed by atoms with E-state index in [4.69, 9.17) is 5.26 Å². The molecule has 1 N–H and O–H groups in total. The summed E-state index contributed by atoms with van der Waals surface area (Å²) in [6, 6.07) is 11.5. The Morgan fingerprint density at radius 2 is 2.12 bits per heavy atom. The van der Waals surface area contributed by atoms with E-state index in [2.05, 4.69) is 5.32 Å². The number of allylic oxidation sites excluding steroid dienone is 1. The zero-order valence-electron chi connectivity index (χ0n) is 9.23. The molecule has 0 saturated heterocycles. The summed E-state index contributed by atoms with van der Waals surface area (Å²) in [5.74, 6) is -0.312. The van der Waals surface area contributed by atoms with Crippen molar-refractivity contribution in [1.82, 2.24) is 5.32 Å². The van der Waals surface area contributed by atoms with Crippen molar-refractivity contribution in [3.8, 4) is 6.07 Å². The molecule has 0 radical (unpaired) electrons. The van der Waals surface area contributed by atoms with Gasteiger partial charge in [-0.05, 0) is 12.0 Å². The maximum atomic E-state index is 11.5. The number of hydrogen-bond donors (Lipinski definition) is 1. The molecule has 82 valence electrons. The summed E-state index contributed by atoms with van der Waals surface area (Å²) in [6.45, 7) is 2.34. The SMILES string of the molecule is CC/C=C(/C#N)C(=O)NCc1ccccc1. The summed E-state index contributed by atoms with van der Waals surface area (Å²) >= 11 is 0. The third-order valence-corrected chi connectivity index (χ3v) is 2.07. The van der Waals surface area contributed by atoms with Gasteiger partial charge < -0.3 is 5.32 Å². The van der Waals surface area contributed by atoms with Crippen LogP contribution in [-0.4, -0.2) is 5.91 Å². The number of carbonyl (C=O) groups is 1. The average molecular weight is 214 g/mol. The van der Waals surface area contributed by atoms with Crippen molar-refractivity contribution in [3.05, 3.63) is 47.5 Å². The number of carbonyl (C=O) groups excluding carboxylic acids is 1. The minimum Gasteiger partial charge on any atom is -0.347 e. The van der Waals surface area contributed by atoms with Gasteiger partial charge in [0, 0.05) is 6.54 Å². The summed E-state index contributed by atoms with van der Waals surface area (Å²) in [4.78, 5) is 11.5. The van der Waals surface area contributed by atoms with Gasteiger partial charge in [0.1, 0.15) is 11.6 Å². The van der Waals surface area contributed by atoms with Crippen molar-refractivity contribution in [2.24, 2.45) is 0 Å². The average Bonchev–Trinajstić information content (AvgIpc) is 2.34. The van der Waals surface area contributed by atoms with Crippen LogP contribution in [0.4, 0.5) is 0 Å². The lowest BCUT2D eigenvalue weighted by molar-refractivity contribution is -0.117. The predicted octanol–water partition coefficient (Wildman–Crippen LogP) is 2.16. The van der Waals surface area contributed by atoms with Crippen LogP contribution in [0.5, 0.6) is 0 Å². The molecule has 1 amide bonds. The minimum atomic E-state index is -0.312. The van der Waals surface area contributed by atoms with Crippen LogP contribution in [0, 0.1) is 11.3 Å². The molecule has 16 heavy (non-hydrogen) atoms. The van der Waals surface area contributed by atoms with Gasteiger partial charge in [0.05, 0.1) is 0 Å². The first-order valence-electron chi connectivity index (χ1n) is 5.20. The highest BCUT2D eigenvalue weighted by Gasteiger charge is 2.06. The standard InChI is InChI=1S/C13H14N2O/c1-2-6-12(9-14)13(16)15-10-11-7-4-3-5-8-11/h3-8H,2,10H2,1H3,(H,15,16)/b12-6-. The summed E-state index contributed by atoms with van der Waals surface area (Å²) in [7, 11) is 0. The van der Waals surface area contributed by atoms with Gasteiger partial charge in [0.15, 0.2) is 0 Å². The molecule has 0 spiro atoms. The lowest BCUT2D eigenvalue weighted by Gasteiger charge is -2.03. The number of nitriles is 1. The highest BCUT2D eigenvalue weighted by Crippen LogP contribution is 1.99. The molecular formula is C13H14N2O. The number of amides is 1. The molecule has 0 fully saturated rings. The lowest BCUT2D eigenvalue weighted by Crippen LogP contribution is -2.23. The minimum absolute atomic E-state index is 0.179. The first-order chi connectivity index (χ1) is 7.77. The van der Waals surface area contributed by atoms with E-state index >= 15 is 0 Å². The van der Waals surface area contributed by atoms with E-state index in [1.165, 1.54) is 0 Å². The fourth-order valence-corrected chi connectivity index (χ4v) is 1.27. The van der Waals surface area contributed by atoms with Crippen molar-refractivity contribution < 1.29 is 4.79 Å². The third kappa shape index (κ3) is 3.58. The molecule has 0 unspecified atom stereocenters. The van der Waals surface area contributed by atoms with Crippen LogP contribution >= 0.6 is 0 Å². The fourth-order valence-electron chi connectivity index (χ4n) is 1.27. The van der Waals surface area contributed by atoms with Crippen LogP contribution in [0.2, 0.25) is 0 Å². The van der Waals surface area contributed by atoms with Gasteiger partial charge in [-0.25, -0.2) is 0 Å². The highest BCUT2D eigenvalue weighted by atomic mass is 16.1. The maximum absolute atomic E-state index is 11.5. The molecule has 0 saturated carbocycles. The second-order valence-electron chi connectivity index (χ2n) is 3.31. The molecule has 3 nitrogen and oxygen atoms in total. The first kappa shape index (κ1) is 12.0. The number of hydrogen-bond acceptors (Lipinski definition) is 2. The van der Waals surface area contributed by atoms with E-state index in [1.807, 2.05) is 43.3 Å². The summed E-state index contributed by atoms with van der Waals surface area (Å²) in [5.41, 5.74) is 1.20. The van der Waals surface area contributed by atoms with E-state index in [-0.39, 0.29) is 11.5 Å². The van der Waals surface area contributed by atoms with E-state index < -0.39 is 0 Å². The second kappa shape index (κ2) is 6.41. The lowest BCUT2D eigenvalue weighted by atomic mass is 10.2. The van der Waals surface area contributed by atoms with Crippen molar-refractivity contribution in [2.45, 2.75) is 19.9 Å². The van der Waals surface area contributed by atoms with Gasteiger partial charge in [-0.2, -0.15) is 5.26 Å². The van der Waals surface area contributed by atoms with Gasteiger partial charge in [-0.1, -0.05) is 43.3 Å². The second-order valence-corrected chi connectivity index (χ2v) is 3.31. The quantitative estimate of drug-likeness (QED) is 0.616. The Balaban J connectivity index is 2.54. The summed E-state index contributed by atoms with van der Waals surface area (Å²) < 4.78 is 0. The molecule has 0 heterocycles. The number of rotatable bonds is 4. The Labute approximate surface area is 95.4 Å². The summed E-state index contributed by atoms with van der Waals surface area (Å²) in [5, 5.41) is 11.5. The van der Waals surface area contributed by atoms with Crippen molar-refractivity contribution in [2.75, 3.05) is 0 Å². The smallest absolute Gasteiger partial charge is 0.261 e. The normalized spacial score (nSPS) is 10.6. The van der Waals surface area contributed by atoms with Crippen LogP contribution in [0.15, 0.2) is 42.0 Å². The number of benzene rings is 1. The van der Waals surface area contributed by atoms with Gasteiger partial charge in [0.2, 0.25) is 0 Å². The monoisotopic (exact) mass is 214 g/mol. The topological polar surface area (TPSA) is 52.9 Å². The van der Waals surface area contributed by atoms with E-state index in [0.29, 0.717) is 13.0 Å². The van der Waals surface area contributed by atoms with Gasteiger partial charge in [-0.15, -0.1) is 0 Å². The number of nitrogens with zero attached hydrogens (tertiary/aromatic N) is 1. The largest absolute Gasteiger partial charge is 0.347 e. The molecule has 1 aromatic carbocycles. The van der Waals surface area contributed by atoms with Crippen molar-refractivity contribution in [3.63, 3.8) is 0 Å². The van der Waals surface area contributed by atoms with Gasteiger partial charge >= 0.3 is 0 Å². The van der Waals surface area contributed by atoms with Crippen LogP contribution in [0.3, 0.4) is 0 Å². The highest BCUT2D eigenvalue weighted by molar-refractivity contribution is 5.97. The number of nitrogens with one attached hydrogen (secondary N) is 1. The summed E-state index contributed by atoms with van der Waals surface area (Å²) in [6.07, 6.45) is 2.31. The Morgan fingerprint density at radius 3 is 2.69 bits per heavy atom. The van der Waals surface area contributed by atoms with Crippen LogP contribution in [0.25, 0.3) is 0 Å². The zero-order chi connectivity index (χ0) is 11.8. The van der Waals surface area contributed by atoms with E-state index in [9.17, 15) is 4.79 Å². The fraction of sp³-hybridized carbons (Fsp3) is 0.231. The van der Waals surface area contributed by atoms with Crippen molar-refractivity contribution >= 4 is 5.91 Å². The molecule has 0 aliphatic heterocycles. The van der Waals surface area contributed by atoms with E-state index in [0.717, 1.165) is 5.56 Å². The van der Waals surface area contributed by atoms with Crippen LogP contribution in [-0.2, 0) is 11.3 Å².